The number of aryl methyl sites for hydroxylation is 2. The SMILES string of the molecule is Cc1cc(C(=O)c2ccc(Br)cc2Cl)cc(C)c1F. The van der Waals surface area contributed by atoms with E-state index >= 15 is 0 Å². The Morgan fingerprint density at radius 2 is 1.74 bits per heavy atom. The minimum atomic E-state index is -0.279. The zero-order valence-electron chi connectivity index (χ0n) is 10.4. The molecular weight excluding hydrogens is 331 g/mol. The minimum Gasteiger partial charge on any atom is -0.289 e. The number of rotatable bonds is 2. The van der Waals surface area contributed by atoms with E-state index in [0.717, 1.165) is 4.47 Å². The van der Waals surface area contributed by atoms with Crippen molar-refractivity contribution in [1.29, 1.82) is 0 Å². The van der Waals surface area contributed by atoms with Gasteiger partial charge in [-0.25, -0.2) is 4.39 Å². The minimum absolute atomic E-state index is 0.205. The van der Waals surface area contributed by atoms with E-state index in [1.54, 1.807) is 44.2 Å². The van der Waals surface area contributed by atoms with Crippen LogP contribution in [0, 0.1) is 19.7 Å². The first-order chi connectivity index (χ1) is 8.90. The number of hydrogen-bond acceptors (Lipinski definition) is 1. The molecule has 19 heavy (non-hydrogen) atoms. The Morgan fingerprint density at radius 3 is 2.26 bits per heavy atom. The van der Waals surface area contributed by atoms with Gasteiger partial charge < -0.3 is 0 Å². The van der Waals surface area contributed by atoms with Gasteiger partial charge in [-0.1, -0.05) is 27.5 Å². The molecule has 0 amide bonds. The first-order valence-electron chi connectivity index (χ1n) is 5.66. The normalized spacial score (nSPS) is 10.6. The Labute approximate surface area is 124 Å². The van der Waals surface area contributed by atoms with E-state index in [2.05, 4.69) is 15.9 Å². The Morgan fingerprint density at radius 1 is 1.16 bits per heavy atom. The third-order valence-electron chi connectivity index (χ3n) is 2.87. The van der Waals surface area contributed by atoms with Crippen LogP contribution in [0.25, 0.3) is 0 Å². The maximum absolute atomic E-state index is 13.6. The van der Waals surface area contributed by atoms with Crippen LogP contribution in [-0.4, -0.2) is 5.78 Å². The third kappa shape index (κ3) is 2.88. The van der Waals surface area contributed by atoms with Crippen LogP contribution in [0.1, 0.15) is 27.0 Å². The van der Waals surface area contributed by atoms with Crippen molar-refractivity contribution >= 4 is 33.3 Å². The van der Waals surface area contributed by atoms with Gasteiger partial charge in [0, 0.05) is 15.6 Å². The summed E-state index contributed by atoms with van der Waals surface area (Å²) in [6.45, 7) is 3.28. The van der Waals surface area contributed by atoms with Crippen molar-refractivity contribution in [3.63, 3.8) is 0 Å². The Hall–Kier alpha value is -1.19. The van der Waals surface area contributed by atoms with Crippen LogP contribution in [0.2, 0.25) is 5.02 Å². The third-order valence-corrected chi connectivity index (χ3v) is 3.68. The summed E-state index contributed by atoms with van der Waals surface area (Å²) in [7, 11) is 0. The fourth-order valence-electron chi connectivity index (χ4n) is 1.91. The van der Waals surface area contributed by atoms with Crippen molar-refractivity contribution in [2.75, 3.05) is 0 Å². The standard InChI is InChI=1S/C15H11BrClFO/c1-8-5-10(6-9(2)14(8)18)15(19)12-4-3-11(16)7-13(12)17/h3-7H,1-2H3. The van der Waals surface area contributed by atoms with E-state index in [1.165, 1.54) is 0 Å². The molecule has 0 bridgehead atoms. The first-order valence-corrected chi connectivity index (χ1v) is 6.83. The van der Waals surface area contributed by atoms with Gasteiger partial charge in [-0.3, -0.25) is 4.79 Å². The highest BCUT2D eigenvalue weighted by atomic mass is 79.9. The molecular formula is C15H11BrClFO. The van der Waals surface area contributed by atoms with E-state index in [4.69, 9.17) is 11.6 Å². The zero-order valence-corrected chi connectivity index (χ0v) is 12.8. The van der Waals surface area contributed by atoms with E-state index in [0.29, 0.717) is 27.3 Å². The van der Waals surface area contributed by atoms with Crippen LogP contribution < -0.4 is 0 Å². The number of halogens is 3. The molecule has 0 aliphatic heterocycles. The average Bonchev–Trinajstić information content (AvgIpc) is 2.34. The predicted octanol–water partition coefficient (Wildman–Crippen LogP) is 5.09. The second kappa shape index (κ2) is 5.43. The van der Waals surface area contributed by atoms with Gasteiger partial charge in [0.25, 0.3) is 0 Å². The lowest BCUT2D eigenvalue weighted by atomic mass is 9.99. The maximum Gasteiger partial charge on any atom is 0.194 e. The summed E-state index contributed by atoms with van der Waals surface area (Å²) in [4.78, 5) is 12.4. The summed E-state index contributed by atoms with van der Waals surface area (Å²) in [6.07, 6.45) is 0. The molecule has 1 nitrogen and oxygen atoms in total. The molecule has 2 aromatic carbocycles. The molecule has 4 heteroatoms. The predicted molar refractivity (Wildman–Crippen MR) is 78.5 cm³/mol. The van der Waals surface area contributed by atoms with E-state index in [-0.39, 0.29) is 11.6 Å². The lowest BCUT2D eigenvalue weighted by Gasteiger charge is -2.08. The van der Waals surface area contributed by atoms with Crippen molar-refractivity contribution in [2.24, 2.45) is 0 Å². The molecule has 0 spiro atoms. The first kappa shape index (κ1) is 14.2. The van der Waals surface area contributed by atoms with Gasteiger partial charge in [0.1, 0.15) is 5.82 Å². The number of ketones is 1. The largest absolute Gasteiger partial charge is 0.289 e. The van der Waals surface area contributed by atoms with Crippen LogP contribution >= 0.6 is 27.5 Å². The van der Waals surface area contributed by atoms with Crippen LogP contribution in [-0.2, 0) is 0 Å². The van der Waals surface area contributed by atoms with Crippen LogP contribution in [0.3, 0.4) is 0 Å². The van der Waals surface area contributed by atoms with Crippen LogP contribution in [0.15, 0.2) is 34.8 Å². The van der Waals surface area contributed by atoms with Crippen LogP contribution in [0.5, 0.6) is 0 Å². The van der Waals surface area contributed by atoms with Gasteiger partial charge in [-0.05, 0) is 55.3 Å². The maximum atomic E-state index is 13.6. The molecule has 0 aliphatic rings. The van der Waals surface area contributed by atoms with E-state index < -0.39 is 0 Å². The molecule has 0 aliphatic carbocycles. The van der Waals surface area contributed by atoms with Crippen molar-refractivity contribution < 1.29 is 9.18 Å². The van der Waals surface area contributed by atoms with Crippen molar-refractivity contribution in [3.8, 4) is 0 Å². The molecule has 0 heterocycles. The van der Waals surface area contributed by atoms with Gasteiger partial charge in [0.15, 0.2) is 5.78 Å². The number of hydrogen-bond donors (Lipinski definition) is 0. The second-order valence-electron chi connectivity index (χ2n) is 4.38. The Kier molecular flexibility index (Phi) is 4.07. The quantitative estimate of drug-likeness (QED) is 0.695. The smallest absolute Gasteiger partial charge is 0.194 e. The summed E-state index contributed by atoms with van der Waals surface area (Å²) in [5.74, 6) is -0.484. The Bertz CT molecular complexity index is 644. The Balaban J connectivity index is 2.50. The van der Waals surface area contributed by atoms with E-state index in [1.807, 2.05) is 0 Å². The summed E-state index contributed by atoms with van der Waals surface area (Å²) in [6, 6.07) is 8.16. The van der Waals surface area contributed by atoms with Gasteiger partial charge >= 0.3 is 0 Å². The lowest BCUT2D eigenvalue weighted by molar-refractivity contribution is 0.103. The lowest BCUT2D eigenvalue weighted by Crippen LogP contribution is -2.04. The zero-order chi connectivity index (χ0) is 14.2. The summed E-state index contributed by atoms with van der Waals surface area (Å²) >= 11 is 9.35. The van der Waals surface area contributed by atoms with Gasteiger partial charge in [-0.2, -0.15) is 0 Å². The molecule has 0 fully saturated rings. The molecule has 2 aromatic rings. The van der Waals surface area contributed by atoms with Gasteiger partial charge in [0.05, 0.1) is 5.02 Å². The van der Waals surface area contributed by atoms with Gasteiger partial charge in [0.2, 0.25) is 0 Å². The fourth-order valence-corrected chi connectivity index (χ4v) is 2.67. The fraction of sp³-hybridized carbons (Fsp3) is 0.133. The molecule has 0 saturated carbocycles. The summed E-state index contributed by atoms with van der Waals surface area (Å²) in [5.41, 5.74) is 1.77. The summed E-state index contributed by atoms with van der Waals surface area (Å²) in [5, 5.41) is 0.374. The molecule has 0 unspecified atom stereocenters. The van der Waals surface area contributed by atoms with Gasteiger partial charge in [-0.15, -0.1) is 0 Å². The molecule has 98 valence electrons. The van der Waals surface area contributed by atoms with Crippen LogP contribution in [0.4, 0.5) is 4.39 Å². The number of carbonyl (C=O) groups is 1. The number of carbonyl (C=O) groups excluding carboxylic acids is 1. The van der Waals surface area contributed by atoms with E-state index in [9.17, 15) is 9.18 Å². The molecule has 0 radical (unpaired) electrons. The molecule has 0 atom stereocenters. The molecule has 0 N–H and O–H groups in total. The monoisotopic (exact) mass is 340 g/mol. The topological polar surface area (TPSA) is 17.1 Å². The number of benzene rings is 2. The average molecular weight is 342 g/mol. The second-order valence-corrected chi connectivity index (χ2v) is 5.70. The highest BCUT2D eigenvalue weighted by Crippen LogP contribution is 2.25. The highest BCUT2D eigenvalue weighted by Gasteiger charge is 2.15. The summed E-state index contributed by atoms with van der Waals surface area (Å²) < 4.78 is 14.4. The van der Waals surface area contributed by atoms with Crippen molar-refractivity contribution in [2.45, 2.75) is 13.8 Å². The molecule has 0 saturated heterocycles. The van der Waals surface area contributed by atoms with Crippen molar-refractivity contribution in [3.05, 3.63) is 67.9 Å². The van der Waals surface area contributed by atoms with Crippen molar-refractivity contribution in [1.82, 2.24) is 0 Å². The molecule has 2 rings (SSSR count). The highest BCUT2D eigenvalue weighted by molar-refractivity contribution is 9.10. The molecule has 0 aromatic heterocycles.